The van der Waals surface area contributed by atoms with Crippen LogP contribution in [0.1, 0.15) is 5.56 Å². The Bertz CT molecular complexity index is 602. The Morgan fingerprint density at radius 2 is 1.95 bits per heavy atom. The Balaban J connectivity index is 1.90. The fourth-order valence-corrected chi connectivity index (χ4v) is 2.05. The minimum absolute atomic E-state index is 0.288. The van der Waals surface area contributed by atoms with Crippen LogP contribution in [0.4, 0.5) is 10.5 Å². The molecule has 0 aromatic heterocycles. The fourth-order valence-electron chi connectivity index (χ4n) is 1.81. The summed E-state index contributed by atoms with van der Waals surface area (Å²) in [7, 11) is 1.55. The second-order valence-electron chi connectivity index (χ2n) is 4.43. The molecule has 2 aromatic rings. The Kier molecular flexibility index (Phi) is 5.46. The van der Waals surface area contributed by atoms with Gasteiger partial charge in [0.15, 0.2) is 0 Å². The molecule has 0 aliphatic heterocycles. The quantitative estimate of drug-likeness (QED) is 0.884. The molecule has 5 heteroatoms. The average molecular weight is 305 g/mol. The van der Waals surface area contributed by atoms with Crippen molar-refractivity contribution >= 4 is 23.3 Å². The third-order valence-electron chi connectivity index (χ3n) is 2.91. The maximum Gasteiger partial charge on any atom is 0.318 e. The Hall–Kier alpha value is -2.20. The predicted molar refractivity (Wildman–Crippen MR) is 85.2 cm³/mol. The van der Waals surface area contributed by atoms with Gasteiger partial charge in [0.2, 0.25) is 0 Å². The summed E-state index contributed by atoms with van der Waals surface area (Å²) in [5.74, 6) is 0.607. The van der Waals surface area contributed by atoms with Crippen molar-refractivity contribution in [1.29, 1.82) is 0 Å². The highest BCUT2D eigenvalue weighted by Gasteiger charge is 2.05. The van der Waals surface area contributed by atoms with Crippen LogP contribution in [-0.4, -0.2) is 19.7 Å². The SMILES string of the molecule is CNC(=O)Nc1ccc(OCCc2ccccc2)c(Cl)c1. The van der Waals surface area contributed by atoms with Crippen molar-refractivity contribution in [3.8, 4) is 5.75 Å². The third-order valence-corrected chi connectivity index (χ3v) is 3.20. The summed E-state index contributed by atoms with van der Waals surface area (Å²) in [5.41, 5.74) is 1.83. The zero-order chi connectivity index (χ0) is 15.1. The number of carbonyl (C=O) groups excluding carboxylic acids is 1. The van der Waals surface area contributed by atoms with E-state index in [9.17, 15) is 4.79 Å². The van der Waals surface area contributed by atoms with Crippen LogP contribution < -0.4 is 15.4 Å². The zero-order valence-corrected chi connectivity index (χ0v) is 12.5. The molecule has 0 atom stereocenters. The molecule has 0 bridgehead atoms. The van der Waals surface area contributed by atoms with Gasteiger partial charge in [-0.15, -0.1) is 0 Å². The van der Waals surface area contributed by atoms with Gasteiger partial charge in [0.05, 0.1) is 11.6 Å². The van der Waals surface area contributed by atoms with Crippen LogP contribution >= 0.6 is 11.6 Å². The van der Waals surface area contributed by atoms with Crippen molar-refractivity contribution in [2.24, 2.45) is 0 Å². The molecule has 0 spiro atoms. The van der Waals surface area contributed by atoms with Crippen molar-refractivity contribution in [1.82, 2.24) is 5.32 Å². The van der Waals surface area contributed by atoms with E-state index in [1.165, 1.54) is 5.56 Å². The van der Waals surface area contributed by atoms with Gasteiger partial charge in [-0.25, -0.2) is 4.79 Å². The number of urea groups is 1. The number of hydrogen-bond acceptors (Lipinski definition) is 2. The molecule has 110 valence electrons. The molecule has 0 radical (unpaired) electrons. The lowest BCUT2D eigenvalue weighted by Gasteiger charge is -2.10. The van der Waals surface area contributed by atoms with Crippen LogP contribution in [0.2, 0.25) is 5.02 Å². The van der Waals surface area contributed by atoms with Gasteiger partial charge in [-0.1, -0.05) is 41.9 Å². The van der Waals surface area contributed by atoms with Crippen LogP contribution in [0.15, 0.2) is 48.5 Å². The molecule has 0 saturated carbocycles. The van der Waals surface area contributed by atoms with Gasteiger partial charge in [0.25, 0.3) is 0 Å². The van der Waals surface area contributed by atoms with Crippen molar-refractivity contribution in [3.05, 3.63) is 59.1 Å². The van der Waals surface area contributed by atoms with E-state index in [1.54, 1.807) is 25.2 Å². The van der Waals surface area contributed by atoms with Crippen molar-refractivity contribution in [3.63, 3.8) is 0 Å². The van der Waals surface area contributed by atoms with Crippen molar-refractivity contribution in [2.45, 2.75) is 6.42 Å². The molecule has 0 unspecified atom stereocenters. The van der Waals surface area contributed by atoms with Gasteiger partial charge >= 0.3 is 6.03 Å². The monoisotopic (exact) mass is 304 g/mol. The summed E-state index contributed by atoms with van der Waals surface area (Å²) in [4.78, 5) is 11.2. The molecule has 21 heavy (non-hydrogen) atoms. The number of ether oxygens (including phenoxy) is 1. The molecule has 0 saturated heterocycles. The summed E-state index contributed by atoms with van der Waals surface area (Å²) < 4.78 is 5.67. The molecule has 2 N–H and O–H groups in total. The topological polar surface area (TPSA) is 50.4 Å². The first-order valence-electron chi connectivity index (χ1n) is 6.64. The van der Waals surface area contributed by atoms with E-state index in [0.717, 1.165) is 6.42 Å². The maximum absolute atomic E-state index is 11.2. The standard InChI is InChI=1S/C16H17ClN2O2/c1-18-16(20)19-13-7-8-15(14(17)11-13)21-10-9-12-5-3-2-4-6-12/h2-8,11H,9-10H2,1H3,(H2,18,19,20). The van der Waals surface area contributed by atoms with E-state index in [4.69, 9.17) is 16.3 Å². The van der Waals surface area contributed by atoms with E-state index < -0.39 is 0 Å². The van der Waals surface area contributed by atoms with E-state index in [-0.39, 0.29) is 6.03 Å². The maximum atomic E-state index is 11.2. The number of nitrogens with one attached hydrogen (secondary N) is 2. The van der Waals surface area contributed by atoms with Gasteiger partial charge in [-0.05, 0) is 23.8 Å². The molecule has 0 heterocycles. The number of amides is 2. The largest absolute Gasteiger partial charge is 0.492 e. The third kappa shape index (κ3) is 4.68. The smallest absolute Gasteiger partial charge is 0.318 e. The summed E-state index contributed by atoms with van der Waals surface area (Å²) in [5, 5.41) is 5.60. The number of carbonyl (C=O) groups is 1. The number of anilines is 1. The van der Waals surface area contributed by atoms with Crippen LogP contribution in [0.25, 0.3) is 0 Å². The highest BCUT2D eigenvalue weighted by molar-refractivity contribution is 6.32. The zero-order valence-electron chi connectivity index (χ0n) is 11.7. The second-order valence-corrected chi connectivity index (χ2v) is 4.84. The molecule has 0 aliphatic rings. The normalized spacial score (nSPS) is 10.0. The number of halogens is 1. The number of rotatable bonds is 5. The summed E-state index contributed by atoms with van der Waals surface area (Å²) >= 11 is 6.14. The van der Waals surface area contributed by atoms with E-state index in [1.807, 2.05) is 18.2 Å². The van der Waals surface area contributed by atoms with Gasteiger partial charge in [0, 0.05) is 19.2 Å². The molecule has 2 rings (SSSR count). The number of benzene rings is 2. The molecule has 4 nitrogen and oxygen atoms in total. The van der Waals surface area contributed by atoms with Crippen LogP contribution in [-0.2, 0) is 6.42 Å². The lowest BCUT2D eigenvalue weighted by Crippen LogP contribution is -2.24. The fraction of sp³-hybridized carbons (Fsp3) is 0.188. The van der Waals surface area contributed by atoms with Crippen LogP contribution in [0.5, 0.6) is 5.75 Å². The van der Waals surface area contributed by atoms with Crippen molar-refractivity contribution in [2.75, 3.05) is 19.0 Å². The highest BCUT2D eigenvalue weighted by Crippen LogP contribution is 2.27. The molecular formula is C16H17ClN2O2. The Labute approximate surface area is 129 Å². The average Bonchev–Trinajstić information content (AvgIpc) is 2.50. The Morgan fingerprint density at radius 3 is 2.62 bits per heavy atom. The summed E-state index contributed by atoms with van der Waals surface area (Å²) in [6, 6.07) is 15.0. The molecular weight excluding hydrogens is 288 g/mol. The first kappa shape index (κ1) is 15.2. The minimum Gasteiger partial charge on any atom is -0.492 e. The summed E-state index contributed by atoms with van der Waals surface area (Å²) in [6.45, 7) is 0.548. The highest BCUT2D eigenvalue weighted by atomic mass is 35.5. The Morgan fingerprint density at radius 1 is 1.19 bits per heavy atom. The first-order valence-corrected chi connectivity index (χ1v) is 7.02. The van der Waals surface area contributed by atoms with E-state index in [2.05, 4.69) is 22.8 Å². The van der Waals surface area contributed by atoms with Gasteiger partial charge in [0.1, 0.15) is 5.75 Å². The second kappa shape index (κ2) is 7.55. The van der Waals surface area contributed by atoms with E-state index >= 15 is 0 Å². The lowest BCUT2D eigenvalue weighted by atomic mass is 10.2. The van der Waals surface area contributed by atoms with Gasteiger partial charge < -0.3 is 15.4 Å². The first-order chi connectivity index (χ1) is 10.2. The van der Waals surface area contributed by atoms with Gasteiger partial charge in [-0.2, -0.15) is 0 Å². The molecule has 2 aromatic carbocycles. The van der Waals surface area contributed by atoms with E-state index in [0.29, 0.717) is 23.1 Å². The van der Waals surface area contributed by atoms with Gasteiger partial charge in [-0.3, -0.25) is 0 Å². The minimum atomic E-state index is -0.288. The predicted octanol–water partition coefficient (Wildman–Crippen LogP) is 3.71. The lowest BCUT2D eigenvalue weighted by molar-refractivity contribution is 0.254. The van der Waals surface area contributed by atoms with Crippen molar-refractivity contribution < 1.29 is 9.53 Å². The summed E-state index contributed by atoms with van der Waals surface area (Å²) in [6.07, 6.45) is 0.815. The molecule has 0 aliphatic carbocycles. The van der Waals surface area contributed by atoms with Crippen LogP contribution in [0.3, 0.4) is 0 Å². The number of hydrogen-bond donors (Lipinski definition) is 2. The van der Waals surface area contributed by atoms with Crippen LogP contribution in [0, 0.1) is 0 Å². The molecule has 2 amide bonds. The molecule has 0 fully saturated rings.